The number of pyridine rings is 1. The van der Waals surface area contributed by atoms with E-state index in [1.54, 1.807) is 19.1 Å². The summed E-state index contributed by atoms with van der Waals surface area (Å²) in [5, 5.41) is 0. The first-order valence-corrected chi connectivity index (χ1v) is 8.42. The Morgan fingerprint density at radius 1 is 1.28 bits per heavy atom. The van der Waals surface area contributed by atoms with Crippen LogP contribution in [-0.4, -0.2) is 24.2 Å². The molecule has 2 aromatic rings. The number of carbonyl (C=O) groups is 1. The van der Waals surface area contributed by atoms with E-state index in [-0.39, 0.29) is 11.4 Å². The van der Waals surface area contributed by atoms with Crippen LogP contribution in [0.4, 0.5) is 0 Å². The summed E-state index contributed by atoms with van der Waals surface area (Å²) >= 11 is 0. The molecule has 0 bridgehead atoms. The Kier molecular flexibility index (Phi) is 4.76. The number of aromatic nitrogens is 1. The number of hydrogen-bond donors (Lipinski definition) is 0. The third kappa shape index (κ3) is 3.83. The number of fused-ring (bicyclic) bond motifs is 1. The van der Waals surface area contributed by atoms with Gasteiger partial charge in [-0.1, -0.05) is 19.8 Å². The first kappa shape index (κ1) is 17.0. The van der Waals surface area contributed by atoms with Gasteiger partial charge in [-0.25, -0.2) is 9.78 Å². The van der Waals surface area contributed by atoms with Crippen molar-refractivity contribution in [3.05, 3.63) is 58.9 Å². The first-order valence-electron chi connectivity index (χ1n) is 8.42. The lowest BCUT2D eigenvalue weighted by Gasteiger charge is -2.32. The van der Waals surface area contributed by atoms with Gasteiger partial charge in [0.2, 0.25) is 0 Å². The highest BCUT2D eigenvalue weighted by Gasteiger charge is 2.28. The second kappa shape index (κ2) is 6.98. The molecule has 1 aromatic carbocycles. The number of hydrogen-bond acceptors (Lipinski definition) is 4. The molecule has 0 spiro atoms. The molecule has 0 unspecified atom stereocenters. The van der Waals surface area contributed by atoms with Crippen molar-refractivity contribution in [2.75, 3.05) is 13.2 Å². The van der Waals surface area contributed by atoms with Crippen LogP contribution in [0, 0.1) is 11.8 Å². The Hall–Kier alpha value is -2.80. The highest BCUT2D eigenvalue weighted by Crippen LogP contribution is 2.38. The van der Waals surface area contributed by atoms with Crippen molar-refractivity contribution >= 4 is 5.97 Å². The summed E-state index contributed by atoms with van der Waals surface area (Å²) in [6.45, 7) is 7.32. The van der Waals surface area contributed by atoms with Crippen molar-refractivity contribution in [2.45, 2.75) is 32.6 Å². The Morgan fingerprint density at radius 3 is 2.84 bits per heavy atom. The molecular formula is C21H21NO3. The number of rotatable bonds is 2. The van der Waals surface area contributed by atoms with Crippen molar-refractivity contribution in [3.63, 3.8) is 0 Å². The molecule has 0 N–H and O–H groups in total. The van der Waals surface area contributed by atoms with E-state index in [0.29, 0.717) is 17.9 Å². The number of nitrogens with zero attached hydrogens (tertiary/aromatic N) is 1. The molecule has 0 fully saturated rings. The summed E-state index contributed by atoms with van der Waals surface area (Å²) in [4.78, 5) is 15.8. The molecule has 25 heavy (non-hydrogen) atoms. The Morgan fingerprint density at radius 2 is 2.12 bits per heavy atom. The minimum atomic E-state index is -0.369. The Balaban J connectivity index is 1.81. The highest BCUT2D eigenvalue weighted by molar-refractivity contribution is 5.89. The first-order chi connectivity index (χ1) is 12.0. The predicted octanol–water partition coefficient (Wildman–Crippen LogP) is 3.72. The minimum absolute atomic E-state index is 0.0881. The van der Waals surface area contributed by atoms with Gasteiger partial charge in [0.15, 0.2) is 0 Å². The second-order valence-electron chi connectivity index (χ2n) is 6.60. The van der Waals surface area contributed by atoms with Crippen LogP contribution >= 0.6 is 0 Å². The maximum Gasteiger partial charge on any atom is 0.339 e. The van der Waals surface area contributed by atoms with Crippen LogP contribution in [0.2, 0.25) is 0 Å². The van der Waals surface area contributed by atoms with E-state index in [2.05, 4.69) is 36.7 Å². The average molecular weight is 335 g/mol. The van der Waals surface area contributed by atoms with Crippen molar-refractivity contribution in [1.29, 1.82) is 0 Å². The van der Waals surface area contributed by atoms with Gasteiger partial charge in [0.25, 0.3) is 0 Å². The molecule has 2 heterocycles. The van der Waals surface area contributed by atoms with Crippen molar-refractivity contribution in [1.82, 2.24) is 4.98 Å². The zero-order chi connectivity index (χ0) is 17.9. The van der Waals surface area contributed by atoms with Crippen LogP contribution in [0.25, 0.3) is 0 Å². The summed E-state index contributed by atoms with van der Waals surface area (Å²) in [7, 11) is 0. The summed E-state index contributed by atoms with van der Waals surface area (Å²) in [6.07, 6.45) is 2.49. The van der Waals surface area contributed by atoms with E-state index in [1.807, 2.05) is 12.1 Å². The van der Waals surface area contributed by atoms with Crippen LogP contribution < -0.4 is 4.74 Å². The van der Waals surface area contributed by atoms with Gasteiger partial charge in [0.1, 0.15) is 11.4 Å². The smallest absolute Gasteiger partial charge is 0.339 e. The molecule has 1 aromatic heterocycles. The molecule has 3 rings (SSSR count). The topological polar surface area (TPSA) is 48.4 Å². The monoisotopic (exact) mass is 335 g/mol. The highest BCUT2D eigenvalue weighted by atomic mass is 16.5. The SMILES string of the molecule is CCOC(=O)c1ccc(C#Cc2ccc3c(c2)C(C)(C)CCO3)nc1. The normalized spacial score (nSPS) is 14.5. The van der Waals surface area contributed by atoms with Gasteiger partial charge in [-0.3, -0.25) is 0 Å². The molecular weight excluding hydrogens is 314 g/mol. The fourth-order valence-corrected chi connectivity index (χ4v) is 2.75. The molecule has 4 nitrogen and oxygen atoms in total. The summed E-state index contributed by atoms with van der Waals surface area (Å²) in [5.74, 6) is 6.75. The lowest BCUT2D eigenvalue weighted by Crippen LogP contribution is -2.26. The number of ether oxygens (including phenoxy) is 2. The Labute approximate surface area is 148 Å². The second-order valence-corrected chi connectivity index (χ2v) is 6.60. The van der Waals surface area contributed by atoms with Gasteiger partial charge in [-0.2, -0.15) is 0 Å². The third-order valence-corrected chi connectivity index (χ3v) is 4.30. The molecule has 0 saturated carbocycles. The molecule has 1 aliphatic rings. The quantitative estimate of drug-likeness (QED) is 0.620. The largest absolute Gasteiger partial charge is 0.493 e. The van der Waals surface area contributed by atoms with Crippen LogP contribution in [0.1, 0.15) is 54.4 Å². The zero-order valence-electron chi connectivity index (χ0n) is 14.8. The van der Waals surface area contributed by atoms with E-state index < -0.39 is 0 Å². The van der Waals surface area contributed by atoms with Gasteiger partial charge >= 0.3 is 5.97 Å². The average Bonchev–Trinajstić information content (AvgIpc) is 2.61. The van der Waals surface area contributed by atoms with Gasteiger partial charge in [-0.15, -0.1) is 0 Å². The van der Waals surface area contributed by atoms with Gasteiger partial charge < -0.3 is 9.47 Å². The maximum atomic E-state index is 11.6. The summed E-state index contributed by atoms with van der Waals surface area (Å²) in [5.41, 5.74) is 3.25. The summed E-state index contributed by atoms with van der Waals surface area (Å²) < 4.78 is 10.7. The lowest BCUT2D eigenvalue weighted by atomic mass is 9.79. The van der Waals surface area contributed by atoms with Crippen molar-refractivity contribution in [3.8, 4) is 17.6 Å². The molecule has 128 valence electrons. The molecule has 0 amide bonds. The maximum absolute atomic E-state index is 11.6. The van der Waals surface area contributed by atoms with Crippen LogP contribution in [0.15, 0.2) is 36.5 Å². The molecule has 0 atom stereocenters. The van der Waals surface area contributed by atoms with Crippen LogP contribution in [-0.2, 0) is 10.2 Å². The molecule has 0 radical (unpaired) electrons. The fraction of sp³-hybridized carbons (Fsp3) is 0.333. The standard InChI is InChI=1S/C21H21NO3/c1-4-24-20(23)16-7-9-17(22-14-16)8-5-15-6-10-19-18(13-15)21(2,3)11-12-25-19/h6-7,9-10,13-14H,4,11-12H2,1-3H3. The number of benzene rings is 1. The Bertz CT molecular complexity index is 842. The molecule has 0 aliphatic carbocycles. The minimum Gasteiger partial charge on any atom is -0.493 e. The number of esters is 1. The molecule has 1 aliphatic heterocycles. The van der Waals surface area contributed by atoms with E-state index >= 15 is 0 Å². The van der Waals surface area contributed by atoms with Crippen LogP contribution in [0.3, 0.4) is 0 Å². The summed E-state index contributed by atoms with van der Waals surface area (Å²) in [6, 6.07) is 9.44. The van der Waals surface area contributed by atoms with E-state index in [1.165, 1.54) is 11.8 Å². The lowest BCUT2D eigenvalue weighted by molar-refractivity contribution is 0.0526. The van der Waals surface area contributed by atoms with E-state index in [0.717, 1.165) is 24.3 Å². The molecule has 4 heteroatoms. The van der Waals surface area contributed by atoms with E-state index in [9.17, 15) is 4.79 Å². The predicted molar refractivity (Wildman–Crippen MR) is 95.8 cm³/mol. The van der Waals surface area contributed by atoms with Gasteiger partial charge in [-0.05, 0) is 55.0 Å². The van der Waals surface area contributed by atoms with Crippen molar-refractivity contribution in [2.24, 2.45) is 0 Å². The van der Waals surface area contributed by atoms with Crippen molar-refractivity contribution < 1.29 is 14.3 Å². The number of carbonyl (C=O) groups excluding carboxylic acids is 1. The van der Waals surface area contributed by atoms with Gasteiger partial charge in [0.05, 0.1) is 18.8 Å². The van der Waals surface area contributed by atoms with Gasteiger partial charge in [0, 0.05) is 17.3 Å². The fourth-order valence-electron chi connectivity index (χ4n) is 2.75. The zero-order valence-corrected chi connectivity index (χ0v) is 14.8. The van der Waals surface area contributed by atoms with E-state index in [4.69, 9.17) is 9.47 Å². The molecule has 0 saturated heterocycles. The third-order valence-electron chi connectivity index (χ3n) is 4.30. The van der Waals surface area contributed by atoms with Crippen LogP contribution in [0.5, 0.6) is 5.75 Å².